The number of nitriles is 1. The monoisotopic (exact) mass is 546 g/mol. The molecule has 3 aromatic rings. The van der Waals surface area contributed by atoms with Gasteiger partial charge in [-0.15, -0.1) is 0 Å². The summed E-state index contributed by atoms with van der Waals surface area (Å²) in [4.78, 5) is 16.0. The summed E-state index contributed by atoms with van der Waals surface area (Å²) in [5.41, 5.74) is 4.25. The Balaban J connectivity index is 1.58. The van der Waals surface area contributed by atoms with E-state index in [4.69, 9.17) is 24.3 Å². The number of para-hydroxylation sites is 1. The molecule has 0 bridgehead atoms. The third-order valence-corrected chi connectivity index (χ3v) is 7.50. The minimum Gasteiger partial charge on any atom is -0.465 e. The molecule has 1 aromatic carbocycles. The molecule has 2 aromatic heterocycles. The SMILES string of the molecule is CCOC(=O)[C@H](C)NP(=O)(OC[C@H]1O[C@@](C#N)(c2ccc3c(N)ncnn23)[C@H](O)[C@@H]1O)Oc1ccccc1. The number of nitrogen functional groups attached to an aromatic ring is 1. The third-order valence-electron chi connectivity index (χ3n) is 5.86. The minimum absolute atomic E-state index is 0.0935. The van der Waals surface area contributed by atoms with Gasteiger partial charge < -0.3 is 29.9 Å². The lowest BCUT2D eigenvalue weighted by molar-refractivity contribution is -0.144. The highest BCUT2D eigenvalue weighted by Crippen LogP contribution is 2.47. The fraction of sp³-hybridized carbons (Fsp3) is 0.391. The normalized spacial score (nSPS) is 25.4. The van der Waals surface area contributed by atoms with Gasteiger partial charge in [-0.25, -0.2) is 14.1 Å². The van der Waals surface area contributed by atoms with Crippen molar-refractivity contribution in [2.24, 2.45) is 0 Å². The number of hydrogen-bond donors (Lipinski definition) is 4. The number of hydrogen-bond acceptors (Lipinski definition) is 12. The number of aromatic nitrogens is 3. The maximum absolute atomic E-state index is 13.7. The van der Waals surface area contributed by atoms with Crippen LogP contribution in [0.4, 0.5) is 5.82 Å². The average molecular weight is 546 g/mol. The number of esters is 1. The highest BCUT2D eigenvalue weighted by molar-refractivity contribution is 7.52. The second-order valence-corrected chi connectivity index (χ2v) is 10.1. The Kier molecular flexibility index (Phi) is 7.98. The number of ether oxygens (including phenoxy) is 2. The Morgan fingerprint density at radius 3 is 2.76 bits per heavy atom. The van der Waals surface area contributed by atoms with E-state index in [9.17, 15) is 24.8 Å². The van der Waals surface area contributed by atoms with Gasteiger partial charge >= 0.3 is 13.7 Å². The summed E-state index contributed by atoms with van der Waals surface area (Å²) in [6.07, 6.45) is -3.53. The zero-order valence-electron chi connectivity index (χ0n) is 20.5. The number of nitrogens with zero attached hydrogens (tertiary/aromatic N) is 4. The van der Waals surface area contributed by atoms with E-state index >= 15 is 0 Å². The number of aliphatic hydroxyl groups excluding tert-OH is 2. The largest absolute Gasteiger partial charge is 0.465 e. The van der Waals surface area contributed by atoms with Gasteiger partial charge in [0.05, 0.1) is 18.9 Å². The second-order valence-electron chi connectivity index (χ2n) is 8.40. The molecule has 0 saturated carbocycles. The van der Waals surface area contributed by atoms with Crippen molar-refractivity contribution in [1.82, 2.24) is 19.7 Å². The topological polar surface area (TPSA) is 204 Å². The van der Waals surface area contributed by atoms with E-state index < -0.39 is 50.3 Å². The lowest BCUT2D eigenvalue weighted by atomic mass is 9.92. The van der Waals surface area contributed by atoms with E-state index in [0.29, 0.717) is 5.52 Å². The van der Waals surface area contributed by atoms with Crippen LogP contribution in [-0.4, -0.2) is 68.3 Å². The quantitative estimate of drug-likeness (QED) is 0.206. The first-order valence-corrected chi connectivity index (χ1v) is 13.2. The zero-order chi connectivity index (χ0) is 27.5. The van der Waals surface area contributed by atoms with Gasteiger partial charge in [0.15, 0.2) is 5.82 Å². The molecule has 38 heavy (non-hydrogen) atoms. The molecular formula is C23H27N6O8P. The number of carbonyl (C=O) groups is 1. The molecule has 3 heterocycles. The Bertz CT molecular complexity index is 1380. The van der Waals surface area contributed by atoms with Gasteiger partial charge in [-0.1, -0.05) is 18.2 Å². The van der Waals surface area contributed by atoms with Crippen LogP contribution in [-0.2, 0) is 29.0 Å². The van der Waals surface area contributed by atoms with E-state index in [-0.39, 0.29) is 23.9 Å². The summed E-state index contributed by atoms with van der Waals surface area (Å²) >= 11 is 0. The summed E-state index contributed by atoms with van der Waals surface area (Å²) in [5, 5.41) is 38.3. The number of aliphatic hydroxyl groups is 2. The van der Waals surface area contributed by atoms with Crippen LogP contribution in [0.5, 0.6) is 5.75 Å². The minimum atomic E-state index is -4.28. The molecule has 14 nitrogen and oxygen atoms in total. The maximum Gasteiger partial charge on any atom is 0.459 e. The van der Waals surface area contributed by atoms with Crippen molar-refractivity contribution in [3.63, 3.8) is 0 Å². The predicted molar refractivity (Wildman–Crippen MR) is 131 cm³/mol. The van der Waals surface area contributed by atoms with Gasteiger partial charge in [-0.2, -0.15) is 15.4 Å². The van der Waals surface area contributed by atoms with Crippen LogP contribution >= 0.6 is 7.75 Å². The molecule has 1 saturated heterocycles. The smallest absolute Gasteiger partial charge is 0.459 e. The first-order valence-electron chi connectivity index (χ1n) is 11.6. The highest BCUT2D eigenvalue weighted by Gasteiger charge is 2.58. The van der Waals surface area contributed by atoms with Crippen LogP contribution in [0.2, 0.25) is 0 Å². The first-order chi connectivity index (χ1) is 18.1. The maximum atomic E-state index is 13.7. The molecule has 1 fully saturated rings. The molecule has 1 aliphatic rings. The summed E-state index contributed by atoms with van der Waals surface area (Å²) < 4.78 is 36.8. The van der Waals surface area contributed by atoms with Gasteiger partial charge in [0, 0.05) is 0 Å². The van der Waals surface area contributed by atoms with E-state index in [0.717, 1.165) is 0 Å². The van der Waals surface area contributed by atoms with Gasteiger partial charge in [0.2, 0.25) is 5.60 Å². The zero-order valence-corrected chi connectivity index (χ0v) is 21.4. The van der Waals surface area contributed by atoms with Crippen LogP contribution < -0.4 is 15.3 Å². The highest BCUT2D eigenvalue weighted by atomic mass is 31.2. The van der Waals surface area contributed by atoms with Crippen LogP contribution in [0, 0.1) is 11.3 Å². The number of carbonyl (C=O) groups excluding carboxylic acids is 1. The third kappa shape index (κ3) is 5.21. The van der Waals surface area contributed by atoms with Crippen LogP contribution in [0.3, 0.4) is 0 Å². The van der Waals surface area contributed by atoms with Crippen molar-refractivity contribution < 1.29 is 38.1 Å². The van der Waals surface area contributed by atoms with Gasteiger partial charge in [-0.05, 0) is 38.1 Å². The standard InChI is InChI=1S/C23H27N6O8P/c1-3-34-22(32)14(2)28-38(33,37-15-7-5-4-6-8-15)35-11-17-19(30)20(31)23(12-24,36-17)18-10-9-16-21(25)26-13-27-29(16)18/h4-10,13-14,17,19-20,30-31H,3,11H2,1-2H3,(H,28,33)(H2,25,26,27)/t14-,17+,19+,20+,23-,38?/m0/s1. The molecule has 15 heteroatoms. The second kappa shape index (κ2) is 11.0. The van der Waals surface area contributed by atoms with Crippen molar-refractivity contribution in [2.75, 3.05) is 18.9 Å². The van der Waals surface area contributed by atoms with Gasteiger partial charge in [-0.3, -0.25) is 9.32 Å². The number of benzene rings is 1. The van der Waals surface area contributed by atoms with E-state index in [1.165, 1.54) is 36.0 Å². The molecule has 202 valence electrons. The van der Waals surface area contributed by atoms with Crippen molar-refractivity contribution in [3.8, 4) is 11.8 Å². The summed E-state index contributed by atoms with van der Waals surface area (Å²) in [7, 11) is -4.28. The Morgan fingerprint density at radius 2 is 2.08 bits per heavy atom. The first kappa shape index (κ1) is 27.5. The van der Waals surface area contributed by atoms with Crippen molar-refractivity contribution in [3.05, 3.63) is 54.5 Å². The molecule has 5 N–H and O–H groups in total. The van der Waals surface area contributed by atoms with Crippen LogP contribution in [0.25, 0.3) is 5.52 Å². The summed E-state index contributed by atoms with van der Waals surface area (Å²) in [5.74, 6) is -0.380. The Labute approximate surface area is 217 Å². The lowest BCUT2D eigenvalue weighted by Crippen LogP contribution is -2.41. The molecule has 0 radical (unpaired) electrons. The average Bonchev–Trinajstić information content (AvgIpc) is 3.44. The molecular weight excluding hydrogens is 519 g/mol. The molecule has 0 amide bonds. The van der Waals surface area contributed by atoms with E-state index in [2.05, 4.69) is 15.2 Å². The number of nitrogens with two attached hydrogens (primary N) is 1. The summed E-state index contributed by atoms with van der Waals surface area (Å²) in [6.45, 7) is 2.56. The molecule has 1 unspecified atom stereocenters. The molecule has 4 rings (SSSR count). The Hall–Kier alpha value is -3.57. The number of rotatable bonds is 10. The fourth-order valence-electron chi connectivity index (χ4n) is 3.99. The van der Waals surface area contributed by atoms with Crippen LogP contribution in [0.15, 0.2) is 48.8 Å². The Morgan fingerprint density at radius 1 is 1.34 bits per heavy atom. The predicted octanol–water partition coefficient (Wildman–Crippen LogP) is 0.896. The fourth-order valence-corrected chi connectivity index (χ4v) is 5.49. The molecule has 1 aliphatic heterocycles. The number of fused-ring (bicyclic) bond motifs is 1. The van der Waals surface area contributed by atoms with E-state index in [1.54, 1.807) is 31.2 Å². The van der Waals surface area contributed by atoms with E-state index in [1.807, 2.05) is 6.07 Å². The number of anilines is 1. The van der Waals surface area contributed by atoms with Crippen LogP contribution in [0.1, 0.15) is 19.5 Å². The molecule has 0 spiro atoms. The van der Waals surface area contributed by atoms with Crippen molar-refractivity contribution in [1.29, 1.82) is 5.26 Å². The van der Waals surface area contributed by atoms with Crippen molar-refractivity contribution in [2.45, 2.75) is 43.8 Å². The summed E-state index contributed by atoms with van der Waals surface area (Å²) in [6, 6.07) is 11.9. The molecule has 0 aliphatic carbocycles. The van der Waals surface area contributed by atoms with Crippen molar-refractivity contribution >= 4 is 25.1 Å². The lowest BCUT2D eigenvalue weighted by Gasteiger charge is -2.25. The number of nitrogens with one attached hydrogen (secondary N) is 1. The van der Waals surface area contributed by atoms with Gasteiger partial charge in [0.1, 0.15) is 48.0 Å². The molecule has 6 atom stereocenters. The van der Waals surface area contributed by atoms with Gasteiger partial charge in [0.25, 0.3) is 0 Å².